The number of aromatic nitrogens is 1. The monoisotopic (exact) mass is 201 g/mol. The summed E-state index contributed by atoms with van der Waals surface area (Å²) in [6, 6.07) is 0. The summed E-state index contributed by atoms with van der Waals surface area (Å²) in [7, 11) is 0. The van der Waals surface area contributed by atoms with Crippen molar-refractivity contribution in [2.24, 2.45) is 4.99 Å². The summed E-state index contributed by atoms with van der Waals surface area (Å²) in [5.74, 6) is -2.10. The number of rotatable bonds is 2. The molecule has 3 nitrogen and oxygen atoms in total. The van der Waals surface area contributed by atoms with Gasteiger partial charge in [-0.1, -0.05) is 13.8 Å². The van der Waals surface area contributed by atoms with Crippen LogP contribution in [0.25, 0.3) is 0 Å². The molecule has 0 radical (unpaired) electrons. The molecule has 14 heavy (non-hydrogen) atoms. The van der Waals surface area contributed by atoms with Gasteiger partial charge < -0.3 is 4.98 Å². The van der Waals surface area contributed by atoms with Crippen LogP contribution in [0, 0.1) is 11.2 Å². The molecule has 2 N–H and O–H groups in total. The minimum Gasteiger partial charge on any atom is -0.343 e. The van der Waals surface area contributed by atoms with E-state index in [2.05, 4.69) is 9.98 Å². The van der Waals surface area contributed by atoms with E-state index in [1.807, 2.05) is 13.8 Å². The quantitative estimate of drug-likeness (QED) is 0.690. The van der Waals surface area contributed by atoms with Gasteiger partial charge in [-0.05, 0) is 6.92 Å². The summed E-state index contributed by atoms with van der Waals surface area (Å²) in [6.45, 7) is 5.62. The van der Waals surface area contributed by atoms with Gasteiger partial charge in [0.1, 0.15) is 11.4 Å². The van der Waals surface area contributed by atoms with Gasteiger partial charge in [0.05, 0.1) is 0 Å². The fourth-order valence-electron chi connectivity index (χ4n) is 0.829. The molecule has 0 amide bonds. The van der Waals surface area contributed by atoms with Gasteiger partial charge in [-0.2, -0.15) is 4.39 Å². The van der Waals surface area contributed by atoms with E-state index in [1.54, 1.807) is 6.92 Å². The lowest BCUT2D eigenvalue weighted by molar-refractivity contribution is 0.622. The summed E-state index contributed by atoms with van der Waals surface area (Å²) in [5.41, 5.74) is -0.423. The van der Waals surface area contributed by atoms with Crippen molar-refractivity contribution in [3.63, 3.8) is 0 Å². The second-order valence-corrected chi connectivity index (χ2v) is 2.06. The molecule has 1 aromatic heterocycles. The number of hydrogen-bond donors (Lipinski definition) is 2. The molecule has 1 rings (SSSR count). The second kappa shape index (κ2) is 6.01. The van der Waals surface area contributed by atoms with Gasteiger partial charge in [0.2, 0.25) is 5.97 Å². The molecule has 78 valence electrons. The first-order valence-corrected chi connectivity index (χ1v) is 4.26. The fraction of sp³-hybridized carbons (Fsp3) is 0.333. The van der Waals surface area contributed by atoms with E-state index in [4.69, 9.17) is 5.41 Å². The number of aliphatic imine (C=N–C) groups is 1. The zero-order valence-corrected chi connectivity index (χ0v) is 8.36. The number of nitrogens with zero attached hydrogens (tertiary/aromatic N) is 1. The zero-order valence-electron chi connectivity index (χ0n) is 8.36. The molecule has 1 heterocycles. The molecule has 0 saturated carbocycles. The molecular formula is C9H13F2N3. The van der Waals surface area contributed by atoms with E-state index >= 15 is 0 Å². The van der Waals surface area contributed by atoms with Crippen molar-refractivity contribution < 1.29 is 8.78 Å². The SMILES string of the molecule is C/C=N\c1[nH]cc(F)c1C(=N)F.CC. The van der Waals surface area contributed by atoms with Crippen LogP contribution >= 0.6 is 0 Å². The van der Waals surface area contributed by atoms with E-state index in [1.165, 1.54) is 6.21 Å². The van der Waals surface area contributed by atoms with E-state index in [-0.39, 0.29) is 5.82 Å². The Bertz CT molecular complexity index is 329. The van der Waals surface area contributed by atoms with Gasteiger partial charge in [0, 0.05) is 12.4 Å². The number of H-pyrrole nitrogens is 1. The summed E-state index contributed by atoms with van der Waals surface area (Å²) in [5, 5.41) is 6.61. The molecule has 0 saturated heterocycles. The number of aromatic amines is 1. The molecule has 1 aromatic rings. The Balaban J connectivity index is 0.000000791. The Kier molecular flexibility index (Phi) is 5.36. The van der Waals surface area contributed by atoms with Crippen LogP contribution in [0.3, 0.4) is 0 Å². The van der Waals surface area contributed by atoms with Crippen LogP contribution in [0.5, 0.6) is 0 Å². The molecule has 0 aliphatic carbocycles. The average Bonchev–Trinajstić information content (AvgIpc) is 2.51. The van der Waals surface area contributed by atoms with Crippen LogP contribution in [-0.4, -0.2) is 17.2 Å². The Morgan fingerprint density at radius 3 is 2.57 bits per heavy atom. The predicted octanol–water partition coefficient (Wildman–Crippen LogP) is 3.20. The Hall–Kier alpha value is -1.52. The highest BCUT2D eigenvalue weighted by Gasteiger charge is 2.14. The molecule has 0 fully saturated rings. The summed E-state index contributed by atoms with van der Waals surface area (Å²) in [4.78, 5) is 6.05. The van der Waals surface area contributed by atoms with Crippen LogP contribution in [0.4, 0.5) is 14.6 Å². The highest BCUT2D eigenvalue weighted by atomic mass is 19.1. The first kappa shape index (κ1) is 12.5. The maximum Gasteiger partial charge on any atom is 0.219 e. The van der Waals surface area contributed by atoms with Crippen molar-refractivity contribution in [1.29, 1.82) is 5.41 Å². The Morgan fingerprint density at radius 1 is 1.57 bits per heavy atom. The standard InChI is InChI=1S/C7H7F2N3.C2H6/c1-2-11-7-5(6(9)10)4(8)3-12-7;1-2/h2-3,10,12H,1H3;1-2H3/b10-6?,11-2-;. The summed E-state index contributed by atoms with van der Waals surface area (Å²) >= 11 is 0. The Morgan fingerprint density at radius 2 is 2.14 bits per heavy atom. The van der Waals surface area contributed by atoms with Gasteiger partial charge in [0.25, 0.3) is 0 Å². The van der Waals surface area contributed by atoms with Crippen LogP contribution in [0.2, 0.25) is 0 Å². The maximum absolute atomic E-state index is 12.7. The van der Waals surface area contributed by atoms with Gasteiger partial charge in [0.15, 0.2) is 5.82 Å². The third-order valence-corrected chi connectivity index (χ3v) is 1.29. The topological polar surface area (TPSA) is 52.0 Å². The van der Waals surface area contributed by atoms with Gasteiger partial charge in [-0.15, -0.1) is 0 Å². The molecule has 0 aliphatic rings. The minimum absolute atomic E-state index is 0.0301. The van der Waals surface area contributed by atoms with Crippen molar-refractivity contribution in [3.05, 3.63) is 17.6 Å². The van der Waals surface area contributed by atoms with Crippen LogP contribution in [0.1, 0.15) is 26.3 Å². The smallest absolute Gasteiger partial charge is 0.219 e. The molecule has 0 aliphatic heterocycles. The lowest BCUT2D eigenvalue weighted by atomic mass is 10.3. The Labute approximate surface area is 81.4 Å². The van der Waals surface area contributed by atoms with Crippen molar-refractivity contribution in [3.8, 4) is 0 Å². The van der Waals surface area contributed by atoms with E-state index in [0.717, 1.165) is 6.20 Å². The lowest BCUT2D eigenvalue weighted by Gasteiger charge is -1.91. The van der Waals surface area contributed by atoms with Crippen molar-refractivity contribution in [2.45, 2.75) is 20.8 Å². The summed E-state index contributed by atoms with van der Waals surface area (Å²) < 4.78 is 25.1. The number of hydrogen-bond acceptors (Lipinski definition) is 2. The molecule has 5 heteroatoms. The minimum atomic E-state index is -1.32. The average molecular weight is 201 g/mol. The predicted molar refractivity (Wildman–Crippen MR) is 53.9 cm³/mol. The van der Waals surface area contributed by atoms with Crippen LogP contribution < -0.4 is 0 Å². The van der Waals surface area contributed by atoms with E-state index in [0.29, 0.717) is 0 Å². The van der Waals surface area contributed by atoms with Crippen LogP contribution in [-0.2, 0) is 0 Å². The molecule has 0 bridgehead atoms. The molecule has 0 atom stereocenters. The normalized spacial score (nSPS) is 9.79. The molecule has 0 spiro atoms. The fourth-order valence-corrected chi connectivity index (χ4v) is 0.829. The molecule has 0 aromatic carbocycles. The number of nitrogens with one attached hydrogen (secondary N) is 2. The third kappa shape index (κ3) is 2.76. The first-order valence-electron chi connectivity index (χ1n) is 4.26. The lowest BCUT2D eigenvalue weighted by Crippen LogP contribution is -1.90. The van der Waals surface area contributed by atoms with Gasteiger partial charge in [-0.3, -0.25) is 5.41 Å². The van der Waals surface area contributed by atoms with Gasteiger partial charge in [-0.25, -0.2) is 9.38 Å². The zero-order chi connectivity index (χ0) is 11.1. The molecular weight excluding hydrogens is 188 g/mol. The molecule has 0 unspecified atom stereocenters. The van der Waals surface area contributed by atoms with Crippen LogP contribution in [0.15, 0.2) is 11.2 Å². The third-order valence-electron chi connectivity index (χ3n) is 1.29. The maximum atomic E-state index is 12.7. The first-order chi connectivity index (χ1) is 6.66. The van der Waals surface area contributed by atoms with Crippen molar-refractivity contribution >= 4 is 18.0 Å². The summed E-state index contributed by atoms with van der Waals surface area (Å²) in [6.07, 6.45) is 2.35. The number of halogens is 2. The van der Waals surface area contributed by atoms with E-state index in [9.17, 15) is 8.78 Å². The highest BCUT2D eigenvalue weighted by Crippen LogP contribution is 2.20. The largest absolute Gasteiger partial charge is 0.343 e. The van der Waals surface area contributed by atoms with Crippen molar-refractivity contribution in [2.75, 3.05) is 0 Å². The van der Waals surface area contributed by atoms with Gasteiger partial charge >= 0.3 is 0 Å². The van der Waals surface area contributed by atoms with E-state index < -0.39 is 17.3 Å². The van der Waals surface area contributed by atoms with Crippen molar-refractivity contribution in [1.82, 2.24) is 4.98 Å². The highest BCUT2D eigenvalue weighted by molar-refractivity contribution is 5.96. The second-order valence-electron chi connectivity index (χ2n) is 2.06.